The minimum Gasteiger partial charge on any atom is -0.381 e. The molecule has 1 N–H and O–H groups in total. The molecule has 0 saturated carbocycles. The molecule has 1 aliphatic rings. The van der Waals surface area contributed by atoms with Gasteiger partial charge in [-0.15, -0.1) is 0 Å². The van der Waals surface area contributed by atoms with Crippen LogP contribution in [0.3, 0.4) is 0 Å². The molecule has 1 saturated heterocycles. The van der Waals surface area contributed by atoms with Gasteiger partial charge in [-0.3, -0.25) is 0 Å². The Balaban J connectivity index is 2.15. The van der Waals surface area contributed by atoms with Gasteiger partial charge < -0.3 is 4.74 Å². The summed E-state index contributed by atoms with van der Waals surface area (Å²) in [6.07, 6.45) is 3.77. The Hall–Kier alpha value is 0.310. The number of rotatable bonds is 8. The predicted octanol–water partition coefficient (Wildman–Crippen LogP) is 1.11. The van der Waals surface area contributed by atoms with Crippen LogP contribution in [0.25, 0.3) is 0 Å². The van der Waals surface area contributed by atoms with E-state index < -0.39 is 10.2 Å². The van der Waals surface area contributed by atoms with Gasteiger partial charge in [0.05, 0.1) is 6.61 Å². The van der Waals surface area contributed by atoms with Crippen LogP contribution in [0.5, 0.6) is 0 Å². The highest BCUT2D eigenvalue weighted by Crippen LogP contribution is 2.11. The van der Waals surface area contributed by atoms with Crippen LogP contribution in [0.1, 0.15) is 25.7 Å². The first kappa shape index (κ1) is 15.4. The quantitative estimate of drug-likeness (QED) is 0.536. The summed E-state index contributed by atoms with van der Waals surface area (Å²) in [5.41, 5.74) is 0. The molecule has 0 unspecified atom stereocenters. The number of alkyl halides is 1. The number of nitrogens with zero attached hydrogens (tertiary/aromatic N) is 1. The molecular formula is C10H21BrN2O3S. The van der Waals surface area contributed by atoms with E-state index >= 15 is 0 Å². The van der Waals surface area contributed by atoms with E-state index in [0.29, 0.717) is 39.3 Å². The summed E-state index contributed by atoms with van der Waals surface area (Å²) in [5.74, 6) is 0. The Morgan fingerprint density at radius 2 is 1.88 bits per heavy atom. The maximum Gasteiger partial charge on any atom is 0.279 e. The maximum atomic E-state index is 11.8. The van der Waals surface area contributed by atoms with E-state index in [1.807, 2.05) is 0 Å². The molecule has 1 fully saturated rings. The van der Waals surface area contributed by atoms with Crippen LogP contribution in [0.4, 0.5) is 0 Å². The van der Waals surface area contributed by atoms with E-state index in [9.17, 15) is 8.42 Å². The number of piperidine rings is 1. The molecular weight excluding hydrogens is 308 g/mol. The summed E-state index contributed by atoms with van der Waals surface area (Å²) >= 11 is 3.26. The van der Waals surface area contributed by atoms with Crippen molar-refractivity contribution in [2.24, 2.45) is 0 Å². The van der Waals surface area contributed by atoms with Crippen molar-refractivity contribution in [3.05, 3.63) is 0 Å². The van der Waals surface area contributed by atoms with Crippen LogP contribution in [-0.4, -0.2) is 50.9 Å². The number of hydrogen-bond acceptors (Lipinski definition) is 3. The van der Waals surface area contributed by atoms with Gasteiger partial charge in [0.25, 0.3) is 10.2 Å². The van der Waals surface area contributed by atoms with Crippen LogP contribution >= 0.6 is 15.9 Å². The zero-order valence-corrected chi connectivity index (χ0v) is 12.4. The topological polar surface area (TPSA) is 58.6 Å². The van der Waals surface area contributed by atoms with Gasteiger partial charge in [0.2, 0.25) is 0 Å². The third kappa shape index (κ3) is 6.15. The summed E-state index contributed by atoms with van der Waals surface area (Å²) < 4.78 is 33.1. The van der Waals surface area contributed by atoms with Crippen molar-refractivity contribution in [1.29, 1.82) is 0 Å². The fourth-order valence-electron chi connectivity index (χ4n) is 1.73. The first-order chi connectivity index (χ1) is 8.17. The van der Waals surface area contributed by atoms with Gasteiger partial charge in [0.1, 0.15) is 0 Å². The molecule has 0 aromatic heterocycles. The third-order valence-electron chi connectivity index (χ3n) is 2.63. The highest BCUT2D eigenvalue weighted by Gasteiger charge is 2.22. The maximum absolute atomic E-state index is 11.8. The lowest BCUT2D eigenvalue weighted by atomic mass is 10.2. The number of hydrogen-bond donors (Lipinski definition) is 1. The average molecular weight is 329 g/mol. The first-order valence-corrected chi connectivity index (χ1v) is 8.61. The minimum atomic E-state index is -3.26. The lowest BCUT2D eigenvalue weighted by Crippen LogP contribution is -2.43. The smallest absolute Gasteiger partial charge is 0.279 e. The number of nitrogens with one attached hydrogen (secondary N) is 1. The van der Waals surface area contributed by atoms with Crippen molar-refractivity contribution in [2.75, 3.05) is 38.2 Å². The van der Waals surface area contributed by atoms with Gasteiger partial charge in [0.15, 0.2) is 0 Å². The highest BCUT2D eigenvalue weighted by atomic mass is 79.9. The SMILES string of the molecule is O=S(=O)(NCCCOCCBr)N1CCCCC1. The molecule has 0 amide bonds. The predicted molar refractivity (Wildman–Crippen MR) is 71.6 cm³/mol. The molecule has 0 aliphatic carbocycles. The van der Waals surface area contributed by atoms with E-state index in [4.69, 9.17) is 4.74 Å². The number of halogens is 1. The highest BCUT2D eigenvalue weighted by molar-refractivity contribution is 9.09. The largest absolute Gasteiger partial charge is 0.381 e. The van der Waals surface area contributed by atoms with Crippen molar-refractivity contribution < 1.29 is 13.2 Å². The molecule has 1 heterocycles. The molecule has 102 valence electrons. The molecule has 0 atom stereocenters. The lowest BCUT2D eigenvalue weighted by molar-refractivity contribution is 0.149. The molecule has 1 rings (SSSR count). The van der Waals surface area contributed by atoms with Gasteiger partial charge in [-0.25, -0.2) is 4.72 Å². The standard InChI is InChI=1S/C10H21BrN2O3S/c11-5-10-16-9-4-6-12-17(14,15)13-7-2-1-3-8-13/h12H,1-10H2. The normalized spacial score (nSPS) is 18.4. The summed E-state index contributed by atoms with van der Waals surface area (Å²) in [6.45, 7) is 3.00. The summed E-state index contributed by atoms with van der Waals surface area (Å²) in [4.78, 5) is 0. The zero-order valence-electron chi connectivity index (χ0n) is 10.0. The van der Waals surface area contributed by atoms with Gasteiger partial charge in [0, 0.05) is 31.6 Å². The van der Waals surface area contributed by atoms with Crippen molar-refractivity contribution in [1.82, 2.24) is 9.03 Å². The molecule has 5 nitrogen and oxygen atoms in total. The number of ether oxygens (including phenoxy) is 1. The van der Waals surface area contributed by atoms with E-state index in [2.05, 4.69) is 20.7 Å². The summed E-state index contributed by atoms with van der Waals surface area (Å²) in [6, 6.07) is 0. The van der Waals surface area contributed by atoms with Crippen molar-refractivity contribution >= 4 is 26.1 Å². The Morgan fingerprint density at radius 1 is 1.18 bits per heavy atom. The fraction of sp³-hybridized carbons (Fsp3) is 1.00. The second-order valence-corrected chi connectivity index (χ2v) is 6.56. The van der Waals surface area contributed by atoms with Crippen molar-refractivity contribution in [3.8, 4) is 0 Å². The third-order valence-corrected chi connectivity index (χ3v) is 4.56. The second kappa shape index (κ2) is 8.42. The van der Waals surface area contributed by atoms with Gasteiger partial charge in [-0.05, 0) is 19.3 Å². The summed E-state index contributed by atoms with van der Waals surface area (Å²) in [5, 5.41) is 0.812. The molecule has 1 aliphatic heterocycles. The Kier molecular flexibility index (Phi) is 7.61. The molecule has 0 radical (unpaired) electrons. The fourth-order valence-corrected chi connectivity index (χ4v) is 3.28. The van der Waals surface area contributed by atoms with Crippen LogP contribution in [0.2, 0.25) is 0 Å². The van der Waals surface area contributed by atoms with Crippen molar-refractivity contribution in [3.63, 3.8) is 0 Å². The van der Waals surface area contributed by atoms with Crippen LogP contribution < -0.4 is 4.72 Å². The molecule has 0 spiro atoms. The minimum absolute atomic E-state index is 0.446. The van der Waals surface area contributed by atoms with Crippen LogP contribution in [0.15, 0.2) is 0 Å². The first-order valence-electron chi connectivity index (χ1n) is 6.05. The van der Waals surface area contributed by atoms with E-state index in [1.165, 1.54) is 4.31 Å². The van der Waals surface area contributed by atoms with Crippen LogP contribution in [0, 0.1) is 0 Å². The zero-order chi connectivity index (χ0) is 12.6. The van der Waals surface area contributed by atoms with Gasteiger partial charge in [-0.1, -0.05) is 22.4 Å². The average Bonchev–Trinajstić information content (AvgIpc) is 2.35. The second-order valence-electron chi connectivity index (χ2n) is 4.01. The monoisotopic (exact) mass is 328 g/mol. The molecule has 0 aromatic rings. The Bertz CT molecular complexity index is 292. The van der Waals surface area contributed by atoms with Gasteiger partial charge in [-0.2, -0.15) is 12.7 Å². The Labute approximate surface area is 112 Å². The Morgan fingerprint density at radius 3 is 2.53 bits per heavy atom. The lowest BCUT2D eigenvalue weighted by Gasteiger charge is -2.25. The van der Waals surface area contributed by atoms with Crippen LogP contribution in [-0.2, 0) is 14.9 Å². The molecule has 17 heavy (non-hydrogen) atoms. The molecule has 0 bridgehead atoms. The van der Waals surface area contributed by atoms with E-state index in [-0.39, 0.29) is 0 Å². The van der Waals surface area contributed by atoms with E-state index in [0.717, 1.165) is 24.6 Å². The molecule has 0 aromatic carbocycles. The molecule has 7 heteroatoms. The summed E-state index contributed by atoms with van der Waals surface area (Å²) in [7, 11) is -3.26. The van der Waals surface area contributed by atoms with E-state index in [1.54, 1.807) is 0 Å². The van der Waals surface area contributed by atoms with Crippen molar-refractivity contribution in [2.45, 2.75) is 25.7 Å². The van der Waals surface area contributed by atoms with Gasteiger partial charge >= 0.3 is 0 Å².